The largest absolute Gasteiger partial charge is 0.329 e. The van der Waals surface area contributed by atoms with Gasteiger partial charge in [-0.3, -0.25) is 4.90 Å². The molecule has 1 aromatic rings. The van der Waals surface area contributed by atoms with Crippen molar-refractivity contribution in [1.29, 1.82) is 5.26 Å². The Kier molecular flexibility index (Phi) is 6.31. The Morgan fingerprint density at radius 1 is 1.41 bits per heavy atom. The molecule has 92 valence electrons. The van der Waals surface area contributed by atoms with Crippen LogP contribution in [0.1, 0.15) is 25.3 Å². The van der Waals surface area contributed by atoms with Gasteiger partial charge in [0.05, 0.1) is 11.6 Å². The van der Waals surface area contributed by atoms with Gasteiger partial charge in [-0.2, -0.15) is 5.26 Å². The fraction of sp³-hybridized carbons (Fsp3) is 0.500. The van der Waals surface area contributed by atoms with Crippen molar-refractivity contribution in [1.82, 2.24) is 4.90 Å². The van der Waals surface area contributed by atoms with Gasteiger partial charge in [0.2, 0.25) is 0 Å². The van der Waals surface area contributed by atoms with E-state index in [2.05, 4.69) is 11.8 Å². The maximum Gasteiger partial charge on any atom is 0.0991 e. The first-order chi connectivity index (χ1) is 8.27. The standard InChI is InChI=1S/C7H16N2.C7H5N/c1-7-3-2-5-9(7)6-4-8;8-6-7-4-2-1-3-5-7/h7H,2-6,8H2,1H3;1-5H. The maximum atomic E-state index is 8.29. The fourth-order valence-corrected chi connectivity index (χ4v) is 2.00. The van der Waals surface area contributed by atoms with E-state index in [0.29, 0.717) is 5.56 Å². The lowest BCUT2D eigenvalue weighted by Crippen LogP contribution is -2.31. The highest BCUT2D eigenvalue weighted by molar-refractivity contribution is 5.27. The van der Waals surface area contributed by atoms with E-state index in [0.717, 1.165) is 19.1 Å². The van der Waals surface area contributed by atoms with Crippen LogP contribution in [0.25, 0.3) is 0 Å². The fourth-order valence-electron chi connectivity index (χ4n) is 2.00. The smallest absolute Gasteiger partial charge is 0.0991 e. The summed E-state index contributed by atoms with van der Waals surface area (Å²) in [6, 6.07) is 11.9. The Hall–Kier alpha value is -1.37. The third-order valence-corrected chi connectivity index (χ3v) is 3.01. The van der Waals surface area contributed by atoms with Gasteiger partial charge in [0.25, 0.3) is 0 Å². The minimum Gasteiger partial charge on any atom is -0.329 e. The zero-order valence-corrected chi connectivity index (χ0v) is 10.5. The highest BCUT2D eigenvalue weighted by atomic mass is 15.2. The lowest BCUT2D eigenvalue weighted by Gasteiger charge is -2.19. The third-order valence-electron chi connectivity index (χ3n) is 3.01. The molecular weight excluding hydrogens is 210 g/mol. The van der Waals surface area contributed by atoms with Crippen LogP contribution in [0, 0.1) is 11.3 Å². The average molecular weight is 231 g/mol. The summed E-state index contributed by atoms with van der Waals surface area (Å²) in [6.45, 7) is 5.44. The summed E-state index contributed by atoms with van der Waals surface area (Å²) < 4.78 is 0. The SMILES string of the molecule is CC1CCCN1CCN.N#Cc1ccccc1. The van der Waals surface area contributed by atoms with Crippen LogP contribution in [0.3, 0.4) is 0 Å². The van der Waals surface area contributed by atoms with Gasteiger partial charge < -0.3 is 5.73 Å². The first-order valence-corrected chi connectivity index (χ1v) is 6.17. The molecule has 2 N–H and O–H groups in total. The van der Waals surface area contributed by atoms with Crippen LogP contribution < -0.4 is 5.73 Å². The molecule has 0 saturated carbocycles. The Balaban J connectivity index is 0.000000171. The number of nitrogens with two attached hydrogens (primary N) is 1. The Labute approximate surface area is 104 Å². The van der Waals surface area contributed by atoms with Crippen LogP contribution in [0.4, 0.5) is 0 Å². The van der Waals surface area contributed by atoms with Crippen molar-refractivity contribution >= 4 is 0 Å². The molecule has 0 spiro atoms. The maximum absolute atomic E-state index is 8.29. The monoisotopic (exact) mass is 231 g/mol. The molecule has 2 rings (SSSR count). The van der Waals surface area contributed by atoms with Crippen LogP contribution in [0.15, 0.2) is 30.3 Å². The number of hydrogen-bond acceptors (Lipinski definition) is 3. The number of rotatable bonds is 2. The molecule has 0 radical (unpaired) electrons. The van der Waals surface area contributed by atoms with E-state index in [1.807, 2.05) is 24.3 Å². The summed E-state index contributed by atoms with van der Waals surface area (Å²) >= 11 is 0. The van der Waals surface area contributed by atoms with E-state index in [-0.39, 0.29) is 0 Å². The molecule has 0 bridgehead atoms. The number of nitriles is 1. The summed E-state index contributed by atoms with van der Waals surface area (Å²) in [4.78, 5) is 2.46. The van der Waals surface area contributed by atoms with Gasteiger partial charge in [-0.25, -0.2) is 0 Å². The van der Waals surface area contributed by atoms with Gasteiger partial charge in [-0.15, -0.1) is 0 Å². The van der Waals surface area contributed by atoms with Crippen LogP contribution in [-0.2, 0) is 0 Å². The third kappa shape index (κ3) is 4.99. The van der Waals surface area contributed by atoms with Crippen LogP contribution >= 0.6 is 0 Å². The lowest BCUT2D eigenvalue weighted by molar-refractivity contribution is 0.276. The summed E-state index contributed by atoms with van der Waals surface area (Å²) in [5.74, 6) is 0. The molecule has 1 aliphatic heterocycles. The first kappa shape index (κ1) is 13.7. The van der Waals surface area contributed by atoms with E-state index in [4.69, 9.17) is 11.0 Å². The van der Waals surface area contributed by atoms with Crippen LogP contribution in [0.5, 0.6) is 0 Å². The normalized spacial score (nSPS) is 19.2. The molecule has 17 heavy (non-hydrogen) atoms. The second kappa shape index (κ2) is 7.83. The minimum atomic E-state index is 0.715. The molecule has 1 heterocycles. The molecule has 0 aromatic heterocycles. The van der Waals surface area contributed by atoms with Gasteiger partial charge >= 0.3 is 0 Å². The average Bonchev–Trinajstić information content (AvgIpc) is 2.78. The summed E-state index contributed by atoms with van der Waals surface area (Å²) in [7, 11) is 0. The molecule has 3 heteroatoms. The Morgan fingerprint density at radius 3 is 2.53 bits per heavy atom. The number of nitrogens with zero attached hydrogens (tertiary/aromatic N) is 2. The molecule has 1 saturated heterocycles. The molecule has 0 amide bonds. The highest BCUT2D eigenvalue weighted by Crippen LogP contribution is 2.14. The van der Waals surface area contributed by atoms with E-state index < -0.39 is 0 Å². The summed E-state index contributed by atoms with van der Waals surface area (Å²) in [6.07, 6.45) is 2.72. The number of benzene rings is 1. The molecule has 1 fully saturated rings. The topological polar surface area (TPSA) is 53.0 Å². The van der Waals surface area contributed by atoms with Crippen molar-refractivity contribution in [2.24, 2.45) is 5.73 Å². The molecule has 0 aliphatic carbocycles. The Morgan fingerprint density at radius 2 is 2.12 bits per heavy atom. The molecular formula is C14H21N3. The van der Waals surface area contributed by atoms with Crippen molar-refractivity contribution in [3.63, 3.8) is 0 Å². The quantitative estimate of drug-likeness (QED) is 0.847. The molecule has 1 unspecified atom stereocenters. The van der Waals surface area contributed by atoms with E-state index >= 15 is 0 Å². The highest BCUT2D eigenvalue weighted by Gasteiger charge is 2.18. The van der Waals surface area contributed by atoms with Gasteiger partial charge in [-0.1, -0.05) is 18.2 Å². The van der Waals surface area contributed by atoms with Crippen molar-refractivity contribution in [3.05, 3.63) is 35.9 Å². The van der Waals surface area contributed by atoms with E-state index in [9.17, 15) is 0 Å². The predicted molar refractivity (Wildman–Crippen MR) is 70.5 cm³/mol. The second-order valence-electron chi connectivity index (χ2n) is 4.29. The van der Waals surface area contributed by atoms with Gasteiger partial charge in [0, 0.05) is 19.1 Å². The summed E-state index contributed by atoms with van der Waals surface area (Å²) in [5.41, 5.74) is 6.14. The minimum absolute atomic E-state index is 0.715. The zero-order valence-electron chi connectivity index (χ0n) is 10.5. The molecule has 1 aromatic carbocycles. The molecule has 1 aliphatic rings. The zero-order chi connectivity index (χ0) is 12.5. The summed E-state index contributed by atoms with van der Waals surface area (Å²) in [5, 5.41) is 8.29. The molecule has 1 atom stereocenters. The number of hydrogen-bond donors (Lipinski definition) is 1. The second-order valence-corrected chi connectivity index (χ2v) is 4.29. The first-order valence-electron chi connectivity index (χ1n) is 6.17. The van der Waals surface area contributed by atoms with Gasteiger partial charge in [-0.05, 0) is 38.4 Å². The van der Waals surface area contributed by atoms with Crippen molar-refractivity contribution in [2.75, 3.05) is 19.6 Å². The van der Waals surface area contributed by atoms with Crippen molar-refractivity contribution in [3.8, 4) is 6.07 Å². The van der Waals surface area contributed by atoms with Crippen LogP contribution in [-0.4, -0.2) is 30.6 Å². The molecule has 3 nitrogen and oxygen atoms in total. The van der Waals surface area contributed by atoms with Crippen molar-refractivity contribution in [2.45, 2.75) is 25.8 Å². The van der Waals surface area contributed by atoms with Crippen molar-refractivity contribution < 1.29 is 0 Å². The van der Waals surface area contributed by atoms with Gasteiger partial charge in [0.1, 0.15) is 0 Å². The Bertz CT molecular complexity index is 342. The van der Waals surface area contributed by atoms with Crippen LogP contribution in [0.2, 0.25) is 0 Å². The van der Waals surface area contributed by atoms with E-state index in [1.165, 1.54) is 19.4 Å². The van der Waals surface area contributed by atoms with E-state index in [1.54, 1.807) is 12.1 Å². The number of likely N-dealkylation sites (tertiary alicyclic amines) is 1. The van der Waals surface area contributed by atoms with Gasteiger partial charge in [0.15, 0.2) is 0 Å². The predicted octanol–water partition coefficient (Wildman–Crippen LogP) is 1.99. The lowest BCUT2D eigenvalue weighted by atomic mass is 10.2.